The first-order valence-corrected chi connectivity index (χ1v) is 6.40. The summed E-state index contributed by atoms with van der Waals surface area (Å²) in [6.45, 7) is 1.21. The average molecular weight is 272 g/mol. The van der Waals surface area contributed by atoms with Gasteiger partial charge in [-0.3, -0.25) is 0 Å². The Kier molecular flexibility index (Phi) is 2.88. The molecule has 0 aromatic carbocycles. The quantitative estimate of drug-likeness (QED) is 0.893. The predicted octanol–water partition coefficient (Wildman–Crippen LogP) is 1.91. The van der Waals surface area contributed by atoms with Gasteiger partial charge in [0, 0.05) is 31.1 Å². The van der Waals surface area contributed by atoms with Crippen LogP contribution in [-0.2, 0) is 6.18 Å². The lowest BCUT2D eigenvalue weighted by Crippen LogP contribution is -2.27. The highest BCUT2D eigenvalue weighted by atomic mass is 19.4. The molecule has 1 aromatic heterocycles. The number of halogens is 3. The van der Waals surface area contributed by atoms with Gasteiger partial charge < -0.3 is 10.6 Å². The Morgan fingerprint density at radius 1 is 1.21 bits per heavy atom. The van der Waals surface area contributed by atoms with Crippen LogP contribution in [0.3, 0.4) is 0 Å². The molecule has 0 amide bonds. The molecule has 1 aliphatic carbocycles. The number of alkyl halides is 3. The van der Waals surface area contributed by atoms with Crippen LogP contribution >= 0.6 is 0 Å². The van der Waals surface area contributed by atoms with Crippen LogP contribution in [0.2, 0.25) is 0 Å². The second-order valence-corrected chi connectivity index (χ2v) is 5.24. The van der Waals surface area contributed by atoms with Gasteiger partial charge in [0.05, 0.1) is 0 Å². The smallest absolute Gasteiger partial charge is 0.355 e. The molecule has 19 heavy (non-hydrogen) atoms. The van der Waals surface area contributed by atoms with Crippen LogP contribution in [0.1, 0.15) is 36.7 Å². The number of anilines is 1. The monoisotopic (exact) mass is 272 g/mol. The fraction of sp³-hybridized carbons (Fsp3) is 0.667. The first-order chi connectivity index (χ1) is 8.93. The van der Waals surface area contributed by atoms with Gasteiger partial charge in [-0.1, -0.05) is 0 Å². The molecule has 2 N–H and O–H groups in total. The normalized spacial score (nSPS) is 24.0. The van der Waals surface area contributed by atoms with Crippen molar-refractivity contribution >= 4 is 5.82 Å². The minimum Gasteiger partial charge on any atom is -0.355 e. The molecule has 1 aromatic rings. The maximum absolute atomic E-state index is 12.9. The molecule has 0 spiro atoms. The van der Waals surface area contributed by atoms with Crippen LogP contribution < -0.4 is 10.6 Å². The topological polar surface area (TPSA) is 55.0 Å². The van der Waals surface area contributed by atoms with Crippen molar-refractivity contribution < 1.29 is 13.2 Å². The fourth-order valence-corrected chi connectivity index (χ4v) is 2.28. The Balaban J connectivity index is 1.96. The van der Waals surface area contributed by atoms with E-state index in [0.29, 0.717) is 24.7 Å². The van der Waals surface area contributed by atoms with Gasteiger partial charge in [-0.05, 0) is 19.3 Å². The molecule has 7 heteroatoms. The fourth-order valence-electron chi connectivity index (χ4n) is 2.28. The summed E-state index contributed by atoms with van der Waals surface area (Å²) in [7, 11) is 0. The highest BCUT2D eigenvalue weighted by molar-refractivity contribution is 5.42. The molecule has 4 nitrogen and oxygen atoms in total. The number of nitrogens with zero attached hydrogens (tertiary/aromatic N) is 3. The zero-order chi connectivity index (χ0) is 13.6. The van der Waals surface area contributed by atoms with Crippen LogP contribution in [0.15, 0.2) is 6.07 Å². The molecule has 1 saturated carbocycles. The number of rotatable bonds is 2. The third-order valence-corrected chi connectivity index (χ3v) is 3.51. The summed E-state index contributed by atoms with van der Waals surface area (Å²) in [6, 6.07) is 1.04. The van der Waals surface area contributed by atoms with Gasteiger partial charge in [0.2, 0.25) is 0 Å². The number of hydrogen-bond acceptors (Lipinski definition) is 4. The summed E-state index contributed by atoms with van der Waals surface area (Å²) in [5.74, 6) is 0.778. The third-order valence-electron chi connectivity index (χ3n) is 3.51. The van der Waals surface area contributed by atoms with E-state index in [1.165, 1.54) is 0 Å². The Hall–Kier alpha value is -1.37. The van der Waals surface area contributed by atoms with Gasteiger partial charge in [0.25, 0.3) is 0 Å². The maximum Gasteiger partial charge on any atom is 0.433 e. The molecule has 3 rings (SSSR count). The van der Waals surface area contributed by atoms with E-state index in [4.69, 9.17) is 5.73 Å². The van der Waals surface area contributed by atoms with E-state index in [9.17, 15) is 13.2 Å². The van der Waals surface area contributed by atoms with Gasteiger partial charge in [-0.2, -0.15) is 13.2 Å². The van der Waals surface area contributed by atoms with Crippen LogP contribution in [0.5, 0.6) is 0 Å². The first-order valence-electron chi connectivity index (χ1n) is 6.40. The molecule has 1 saturated heterocycles. The van der Waals surface area contributed by atoms with Crippen molar-refractivity contribution in [1.82, 2.24) is 9.97 Å². The van der Waals surface area contributed by atoms with Crippen molar-refractivity contribution in [3.8, 4) is 0 Å². The summed E-state index contributed by atoms with van der Waals surface area (Å²) in [4.78, 5) is 9.76. The van der Waals surface area contributed by atoms with Crippen molar-refractivity contribution in [2.45, 2.75) is 37.4 Å². The van der Waals surface area contributed by atoms with E-state index in [2.05, 4.69) is 9.97 Å². The Labute approximate surface area is 108 Å². The Bertz CT molecular complexity index is 484. The zero-order valence-electron chi connectivity index (χ0n) is 10.3. The lowest BCUT2D eigenvalue weighted by Gasteiger charge is -2.19. The summed E-state index contributed by atoms with van der Waals surface area (Å²) in [5, 5.41) is 0. The lowest BCUT2D eigenvalue weighted by atomic mass is 10.3. The van der Waals surface area contributed by atoms with Gasteiger partial charge >= 0.3 is 6.18 Å². The van der Waals surface area contributed by atoms with Crippen LogP contribution in [0.4, 0.5) is 19.0 Å². The molecule has 2 aliphatic rings. The minimum absolute atomic E-state index is 0.00803. The predicted molar refractivity (Wildman–Crippen MR) is 63.8 cm³/mol. The lowest BCUT2D eigenvalue weighted by molar-refractivity contribution is -0.141. The van der Waals surface area contributed by atoms with Gasteiger partial charge in [-0.15, -0.1) is 0 Å². The standard InChI is InChI=1S/C12H15F3N4/c13-12(14,15)9-5-10(19-4-3-8(16)6-19)18-11(17-9)7-1-2-7/h5,7-8H,1-4,6,16H2/t8-/m0/s1. The van der Waals surface area contributed by atoms with Gasteiger partial charge in [0.15, 0.2) is 0 Å². The molecule has 0 radical (unpaired) electrons. The first kappa shape index (κ1) is 12.7. The molecule has 2 fully saturated rings. The maximum atomic E-state index is 12.9. The molecular weight excluding hydrogens is 257 g/mol. The van der Waals surface area contributed by atoms with Gasteiger partial charge in [0.1, 0.15) is 17.3 Å². The largest absolute Gasteiger partial charge is 0.433 e. The van der Waals surface area contributed by atoms with Gasteiger partial charge in [-0.25, -0.2) is 9.97 Å². The summed E-state index contributed by atoms with van der Waals surface area (Å²) < 4.78 is 38.6. The van der Waals surface area contributed by atoms with E-state index >= 15 is 0 Å². The molecule has 2 heterocycles. The molecule has 0 bridgehead atoms. The van der Waals surface area contributed by atoms with Crippen molar-refractivity contribution in [3.05, 3.63) is 17.6 Å². The minimum atomic E-state index is -4.43. The van der Waals surface area contributed by atoms with E-state index in [1.54, 1.807) is 0 Å². The zero-order valence-corrected chi connectivity index (χ0v) is 10.3. The number of hydrogen-bond donors (Lipinski definition) is 1. The van der Waals surface area contributed by atoms with E-state index in [0.717, 1.165) is 25.3 Å². The average Bonchev–Trinajstić information content (AvgIpc) is 3.10. The van der Waals surface area contributed by atoms with Crippen LogP contribution in [0, 0.1) is 0 Å². The second kappa shape index (κ2) is 4.33. The van der Waals surface area contributed by atoms with E-state index in [-0.39, 0.29) is 12.0 Å². The van der Waals surface area contributed by atoms with Crippen molar-refractivity contribution in [2.24, 2.45) is 5.73 Å². The van der Waals surface area contributed by atoms with E-state index in [1.807, 2.05) is 4.90 Å². The molecule has 1 aliphatic heterocycles. The van der Waals surface area contributed by atoms with Crippen molar-refractivity contribution in [2.75, 3.05) is 18.0 Å². The van der Waals surface area contributed by atoms with Crippen molar-refractivity contribution in [1.29, 1.82) is 0 Å². The highest BCUT2D eigenvalue weighted by Crippen LogP contribution is 2.40. The number of aromatic nitrogens is 2. The SMILES string of the molecule is N[C@H]1CCN(c2cc(C(F)(F)F)nc(C3CC3)n2)C1. The van der Waals surface area contributed by atoms with Crippen LogP contribution in [0.25, 0.3) is 0 Å². The molecule has 1 atom stereocenters. The highest BCUT2D eigenvalue weighted by Gasteiger charge is 2.37. The molecule has 0 unspecified atom stereocenters. The Morgan fingerprint density at radius 2 is 1.95 bits per heavy atom. The second-order valence-electron chi connectivity index (χ2n) is 5.24. The third kappa shape index (κ3) is 2.65. The summed E-state index contributed by atoms with van der Waals surface area (Å²) >= 11 is 0. The summed E-state index contributed by atoms with van der Waals surface area (Å²) in [5.41, 5.74) is 4.94. The van der Waals surface area contributed by atoms with E-state index < -0.39 is 11.9 Å². The molecule has 104 valence electrons. The number of nitrogens with two attached hydrogens (primary N) is 1. The van der Waals surface area contributed by atoms with Crippen LogP contribution in [-0.4, -0.2) is 29.1 Å². The summed E-state index contributed by atoms with van der Waals surface area (Å²) in [6.07, 6.45) is -1.90. The Morgan fingerprint density at radius 3 is 2.47 bits per heavy atom. The van der Waals surface area contributed by atoms with Crippen molar-refractivity contribution in [3.63, 3.8) is 0 Å². The molecular formula is C12H15F3N4.